The lowest BCUT2D eigenvalue weighted by Gasteiger charge is -2.20. The fourth-order valence-electron chi connectivity index (χ4n) is 3.95. The van der Waals surface area contributed by atoms with Crippen LogP contribution in [0.1, 0.15) is 32.7 Å². The fraction of sp³-hybridized carbons (Fsp3) is 0.129. The number of benzene rings is 3. The number of hydrogen-bond acceptors (Lipinski definition) is 4. The van der Waals surface area contributed by atoms with E-state index < -0.39 is 18.6 Å². The minimum Gasteiger partial charge on any atom is -0.480 e. The second-order valence-electron chi connectivity index (χ2n) is 8.82. The number of hydrogen-bond donors (Lipinski definition) is 1. The molecular formula is C31H28N2O5. The molecule has 1 amide bonds. The second-order valence-corrected chi connectivity index (χ2v) is 8.82. The lowest BCUT2D eigenvalue weighted by Crippen LogP contribution is -2.37. The minimum atomic E-state index is -1.13. The summed E-state index contributed by atoms with van der Waals surface area (Å²) < 4.78 is 7.22. The molecule has 0 aliphatic heterocycles. The first-order chi connectivity index (χ1) is 18.4. The molecule has 0 saturated carbocycles. The Hall–Kier alpha value is -4.91. The number of aryl methyl sites for hydroxylation is 1. The fourth-order valence-corrected chi connectivity index (χ4v) is 3.95. The van der Waals surface area contributed by atoms with Crippen molar-refractivity contribution < 1.29 is 24.2 Å². The van der Waals surface area contributed by atoms with Crippen molar-refractivity contribution in [1.82, 2.24) is 9.47 Å². The van der Waals surface area contributed by atoms with Crippen molar-refractivity contribution in [3.8, 4) is 5.75 Å². The molecular weight excluding hydrogens is 480 g/mol. The molecule has 0 atom stereocenters. The highest BCUT2D eigenvalue weighted by Crippen LogP contribution is 2.16. The molecule has 0 radical (unpaired) electrons. The maximum Gasteiger partial charge on any atom is 0.416 e. The summed E-state index contributed by atoms with van der Waals surface area (Å²) in [6.07, 6.45) is 5.00. The number of ether oxygens (including phenoxy) is 1. The number of nitrogens with zero attached hydrogens (tertiary/aromatic N) is 2. The van der Waals surface area contributed by atoms with Crippen LogP contribution in [0.4, 0.5) is 4.79 Å². The van der Waals surface area contributed by atoms with Gasteiger partial charge >= 0.3 is 12.1 Å². The Kier molecular flexibility index (Phi) is 8.51. The van der Waals surface area contributed by atoms with Crippen LogP contribution < -0.4 is 4.74 Å². The van der Waals surface area contributed by atoms with Crippen LogP contribution in [0.15, 0.2) is 103 Å². The number of allylic oxidation sites excluding steroid dienone is 1. The summed E-state index contributed by atoms with van der Waals surface area (Å²) in [5.74, 6) is -0.824. The molecule has 7 nitrogen and oxygen atoms in total. The van der Waals surface area contributed by atoms with E-state index >= 15 is 0 Å². The minimum absolute atomic E-state index is 0.0358. The average molecular weight is 509 g/mol. The number of carbonyl (C=O) groups is 3. The maximum absolute atomic E-state index is 12.9. The van der Waals surface area contributed by atoms with Crippen LogP contribution in [0.3, 0.4) is 0 Å². The van der Waals surface area contributed by atoms with Gasteiger partial charge in [0.1, 0.15) is 12.3 Å². The molecule has 0 aliphatic carbocycles. The van der Waals surface area contributed by atoms with Crippen LogP contribution in [-0.4, -0.2) is 39.0 Å². The Morgan fingerprint density at radius 1 is 0.921 bits per heavy atom. The van der Waals surface area contributed by atoms with Gasteiger partial charge in [-0.25, -0.2) is 4.79 Å². The molecule has 1 aromatic heterocycles. The van der Waals surface area contributed by atoms with Crippen molar-refractivity contribution in [2.45, 2.75) is 20.0 Å². The summed E-state index contributed by atoms with van der Waals surface area (Å²) in [5, 5.41) is 9.30. The third-order valence-corrected chi connectivity index (χ3v) is 5.85. The molecule has 1 heterocycles. The van der Waals surface area contributed by atoms with E-state index in [0.29, 0.717) is 23.6 Å². The molecule has 4 aromatic rings. The van der Waals surface area contributed by atoms with Crippen molar-refractivity contribution in [1.29, 1.82) is 0 Å². The van der Waals surface area contributed by atoms with Crippen molar-refractivity contribution >= 4 is 23.9 Å². The zero-order valence-corrected chi connectivity index (χ0v) is 21.0. The van der Waals surface area contributed by atoms with E-state index in [4.69, 9.17) is 4.74 Å². The number of carbonyl (C=O) groups excluding carboxylic acids is 2. The smallest absolute Gasteiger partial charge is 0.416 e. The lowest BCUT2D eigenvalue weighted by molar-refractivity contribution is -0.138. The summed E-state index contributed by atoms with van der Waals surface area (Å²) in [6, 6.07) is 27.2. The highest BCUT2D eigenvalue weighted by atomic mass is 16.6. The van der Waals surface area contributed by atoms with Gasteiger partial charge in [0.25, 0.3) is 0 Å². The topological polar surface area (TPSA) is 88.8 Å². The number of amides is 1. The number of para-hydroxylation sites is 1. The molecule has 192 valence electrons. The highest BCUT2D eigenvalue weighted by molar-refractivity contribution is 6.08. The molecule has 4 rings (SSSR count). The van der Waals surface area contributed by atoms with Gasteiger partial charge < -0.3 is 14.4 Å². The van der Waals surface area contributed by atoms with Crippen LogP contribution in [0.2, 0.25) is 0 Å². The molecule has 0 fully saturated rings. The molecule has 38 heavy (non-hydrogen) atoms. The van der Waals surface area contributed by atoms with Crippen LogP contribution in [0.25, 0.3) is 6.08 Å². The number of aliphatic carboxylic acids is 1. The van der Waals surface area contributed by atoms with Crippen molar-refractivity contribution in [2.75, 3.05) is 6.54 Å². The molecule has 0 unspecified atom stereocenters. The highest BCUT2D eigenvalue weighted by Gasteiger charge is 2.19. The van der Waals surface area contributed by atoms with E-state index in [1.165, 1.54) is 0 Å². The zero-order valence-electron chi connectivity index (χ0n) is 21.0. The van der Waals surface area contributed by atoms with E-state index in [0.717, 1.165) is 21.6 Å². The van der Waals surface area contributed by atoms with Crippen LogP contribution >= 0.6 is 0 Å². The normalized spacial score (nSPS) is 10.9. The summed E-state index contributed by atoms with van der Waals surface area (Å²) in [4.78, 5) is 38.1. The van der Waals surface area contributed by atoms with Gasteiger partial charge in [0.2, 0.25) is 5.78 Å². The Bertz CT molecular complexity index is 1440. The monoisotopic (exact) mass is 508 g/mol. The third-order valence-electron chi connectivity index (χ3n) is 5.85. The summed E-state index contributed by atoms with van der Waals surface area (Å²) >= 11 is 0. The van der Waals surface area contributed by atoms with Crippen molar-refractivity contribution in [3.63, 3.8) is 0 Å². The van der Waals surface area contributed by atoms with Gasteiger partial charge in [0.05, 0.1) is 5.69 Å². The van der Waals surface area contributed by atoms with Gasteiger partial charge in [-0.15, -0.1) is 0 Å². The predicted octanol–water partition coefficient (Wildman–Crippen LogP) is 5.83. The molecule has 0 saturated heterocycles. The first-order valence-electron chi connectivity index (χ1n) is 12.1. The number of carboxylic acid groups (broad SMARTS) is 1. The summed E-state index contributed by atoms with van der Waals surface area (Å²) in [5.41, 5.74) is 3.99. The number of ketones is 1. The van der Waals surface area contributed by atoms with E-state index in [9.17, 15) is 19.5 Å². The average Bonchev–Trinajstić information content (AvgIpc) is 3.37. The van der Waals surface area contributed by atoms with Crippen LogP contribution in [0.5, 0.6) is 5.75 Å². The first-order valence-corrected chi connectivity index (χ1v) is 12.1. The Labute approximate surface area is 221 Å². The van der Waals surface area contributed by atoms with E-state index in [1.54, 1.807) is 30.3 Å². The van der Waals surface area contributed by atoms with Gasteiger partial charge in [-0.05, 0) is 48.4 Å². The van der Waals surface area contributed by atoms with Crippen LogP contribution in [-0.2, 0) is 17.9 Å². The van der Waals surface area contributed by atoms with Gasteiger partial charge in [-0.3, -0.25) is 14.5 Å². The second kappa shape index (κ2) is 12.4. The molecule has 3 aromatic carbocycles. The molecule has 1 N–H and O–H groups in total. The molecule has 7 heteroatoms. The van der Waals surface area contributed by atoms with E-state index in [-0.39, 0.29) is 12.3 Å². The van der Waals surface area contributed by atoms with Crippen molar-refractivity contribution in [2.24, 2.45) is 0 Å². The Morgan fingerprint density at radius 3 is 2.42 bits per heavy atom. The van der Waals surface area contributed by atoms with Gasteiger partial charge in [0.15, 0.2) is 0 Å². The Balaban J connectivity index is 1.42. The lowest BCUT2D eigenvalue weighted by atomic mass is 10.1. The van der Waals surface area contributed by atoms with Crippen LogP contribution in [0, 0.1) is 6.92 Å². The molecule has 0 bridgehead atoms. The number of rotatable bonds is 10. The summed E-state index contributed by atoms with van der Waals surface area (Å²) in [6.45, 7) is 2.07. The van der Waals surface area contributed by atoms with Gasteiger partial charge in [-0.1, -0.05) is 78.4 Å². The SMILES string of the molecule is Cc1ccc(C(=O)c2cccn2C/C=C/c2cccc(CN(CC(=O)O)C(=O)Oc3ccccc3)c2)cc1. The predicted molar refractivity (Wildman–Crippen MR) is 145 cm³/mol. The van der Waals surface area contributed by atoms with Gasteiger partial charge in [-0.2, -0.15) is 0 Å². The zero-order chi connectivity index (χ0) is 26.9. The first kappa shape index (κ1) is 26.2. The third kappa shape index (κ3) is 7.07. The summed E-state index contributed by atoms with van der Waals surface area (Å²) in [7, 11) is 0. The van der Waals surface area contributed by atoms with E-state index in [2.05, 4.69) is 0 Å². The quantitative estimate of drug-likeness (QED) is 0.273. The number of aromatic nitrogens is 1. The maximum atomic E-state index is 12.9. The molecule has 0 spiro atoms. The Morgan fingerprint density at radius 2 is 1.68 bits per heavy atom. The molecule has 0 aliphatic rings. The van der Waals surface area contributed by atoms with Gasteiger partial charge in [0, 0.05) is 24.8 Å². The standard InChI is InChI=1S/C31H28N2O5/c1-23-14-16-26(17-15-23)30(36)28-13-7-19-32(28)18-6-10-24-8-5-9-25(20-24)21-33(22-29(34)35)31(37)38-27-11-3-2-4-12-27/h2-17,19-20H,18,21-22H2,1H3,(H,34,35)/b10-6+. The van der Waals surface area contributed by atoms with E-state index in [1.807, 2.05) is 90.5 Å². The number of carboxylic acids is 1. The largest absolute Gasteiger partial charge is 0.480 e. The van der Waals surface area contributed by atoms with Crippen molar-refractivity contribution in [3.05, 3.63) is 131 Å².